The van der Waals surface area contributed by atoms with E-state index in [1.165, 1.54) is 69.8 Å². The number of hydrogen-bond acceptors (Lipinski definition) is 12. The van der Waals surface area contributed by atoms with Crippen molar-refractivity contribution in [2.75, 3.05) is 37.8 Å². The van der Waals surface area contributed by atoms with Gasteiger partial charge in [0.05, 0.1) is 52.6 Å². The molecule has 1 saturated carbocycles. The predicted molar refractivity (Wildman–Crippen MR) is 235 cm³/mol. The molecule has 8 rings (SSSR count). The van der Waals surface area contributed by atoms with Gasteiger partial charge in [-0.1, -0.05) is 42.5 Å². The summed E-state index contributed by atoms with van der Waals surface area (Å²) in [6.45, 7) is 3.43. The fourth-order valence-corrected chi connectivity index (χ4v) is 12.4. The third-order valence-corrected chi connectivity index (χ3v) is 15.6. The Balaban J connectivity index is 1.23. The lowest BCUT2D eigenvalue weighted by Gasteiger charge is -2.34. The number of aliphatic hydroxyl groups is 1. The first-order valence-electron chi connectivity index (χ1n) is 20.4. The minimum absolute atomic E-state index is 0.0295. The maximum atomic E-state index is 16.2. The topological polar surface area (TPSA) is 208 Å². The lowest BCUT2D eigenvalue weighted by atomic mass is 9.95. The summed E-state index contributed by atoms with van der Waals surface area (Å²) in [5.41, 5.74) is 13.7. The van der Waals surface area contributed by atoms with E-state index in [4.69, 9.17) is 16.2 Å². The summed E-state index contributed by atoms with van der Waals surface area (Å²) >= 11 is 0. The Labute approximate surface area is 364 Å². The second-order valence-electron chi connectivity index (χ2n) is 15.8. The van der Waals surface area contributed by atoms with E-state index in [9.17, 15) is 13.5 Å². The molecule has 1 saturated heterocycles. The zero-order valence-corrected chi connectivity index (χ0v) is 36.1. The van der Waals surface area contributed by atoms with Crippen LogP contribution in [0.2, 0.25) is 0 Å². The van der Waals surface area contributed by atoms with E-state index < -0.39 is 62.3 Å². The first-order chi connectivity index (χ1) is 30.2. The van der Waals surface area contributed by atoms with Gasteiger partial charge in [0.15, 0.2) is 0 Å². The summed E-state index contributed by atoms with van der Waals surface area (Å²) in [5.74, 6) is -1.51. The Bertz CT molecular complexity index is 2870. The lowest BCUT2D eigenvalue weighted by Crippen LogP contribution is -2.45. The number of anilines is 2. The van der Waals surface area contributed by atoms with E-state index in [0.717, 1.165) is 0 Å². The number of nitrogens with two attached hydrogens (primary N) is 2. The SMILES string of the molecule is CC(C)N(CCO)S(=O)(=O)c1cccc(C2CC2N(C2CCOCC2)S(=O)(=O)c2ccccc2-c2ccc(-c3cnc(N)cn3)c(F)c2)c1-c1ccc(-c2cnc(N)cn2)c(F)c1. The quantitative estimate of drug-likeness (QED) is 0.107. The summed E-state index contributed by atoms with van der Waals surface area (Å²) in [4.78, 5) is 16.3. The van der Waals surface area contributed by atoms with E-state index in [0.29, 0.717) is 43.6 Å². The Morgan fingerprint density at radius 3 is 1.89 bits per heavy atom. The highest BCUT2D eigenvalue weighted by molar-refractivity contribution is 7.89. The van der Waals surface area contributed by atoms with Gasteiger partial charge in [0.25, 0.3) is 0 Å². The highest BCUT2D eigenvalue weighted by atomic mass is 32.2. The lowest BCUT2D eigenvalue weighted by molar-refractivity contribution is 0.0565. The van der Waals surface area contributed by atoms with E-state index in [-0.39, 0.29) is 67.2 Å². The Morgan fingerprint density at radius 1 is 0.730 bits per heavy atom. The van der Waals surface area contributed by atoms with Crippen LogP contribution in [0.5, 0.6) is 0 Å². The van der Waals surface area contributed by atoms with Crippen molar-refractivity contribution in [2.24, 2.45) is 0 Å². The summed E-state index contributed by atoms with van der Waals surface area (Å²) in [7, 11) is -8.67. The normalized spacial score (nSPS) is 17.1. The Kier molecular flexibility index (Phi) is 12.4. The molecule has 5 N–H and O–H groups in total. The Hall–Kier alpha value is -5.76. The van der Waals surface area contributed by atoms with Crippen molar-refractivity contribution in [3.8, 4) is 44.8 Å². The van der Waals surface area contributed by atoms with Crippen LogP contribution in [0.25, 0.3) is 44.8 Å². The van der Waals surface area contributed by atoms with E-state index in [1.54, 1.807) is 56.3 Å². The molecule has 18 heteroatoms. The number of rotatable bonds is 14. The van der Waals surface area contributed by atoms with E-state index >= 15 is 17.2 Å². The zero-order chi connectivity index (χ0) is 44.6. The largest absolute Gasteiger partial charge is 0.395 e. The van der Waals surface area contributed by atoms with Crippen LogP contribution in [0, 0.1) is 11.6 Å². The number of benzene rings is 4. The van der Waals surface area contributed by atoms with Gasteiger partial charge < -0.3 is 21.3 Å². The number of halogens is 2. The van der Waals surface area contributed by atoms with Gasteiger partial charge in [0.1, 0.15) is 23.3 Å². The molecule has 328 valence electrons. The molecule has 2 atom stereocenters. The smallest absolute Gasteiger partial charge is 0.244 e. The molecule has 6 aromatic rings. The average Bonchev–Trinajstić information content (AvgIpc) is 4.06. The van der Waals surface area contributed by atoms with Crippen LogP contribution < -0.4 is 11.5 Å². The zero-order valence-electron chi connectivity index (χ0n) is 34.5. The van der Waals surface area contributed by atoms with Crippen LogP contribution in [0.1, 0.15) is 44.6 Å². The van der Waals surface area contributed by atoms with Crippen molar-refractivity contribution < 1.29 is 35.5 Å². The number of aromatic nitrogens is 4. The first-order valence-corrected chi connectivity index (χ1v) is 23.3. The van der Waals surface area contributed by atoms with Crippen LogP contribution in [0.4, 0.5) is 20.4 Å². The van der Waals surface area contributed by atoms with Gasteiger partial charge in [-0.25, -0.2) is 35.6 Å². The standard InChI is InChI=1S/C45H46F2N8O6S2/c1-27(2)54(16-17-56)62(57,58)42-9-5-7-32(45(42)29-11-13-34(37(47)21-29)39-24-53-44(49)26-51-39)35-22-40(35)55(30-14-18-61-19-15-30)63(59,60)41-8-4-3-6-31(41)28-10-12-33(36(46)20-28)38-23-52-43(48)25-50-38/h3-13,20-21,23-27,30,35,40,56H,14-19,22H2,1-2H3,(H2,48,52)(H2,49,53). The van der Waals surface area contributed by atoms with Gasteiger partial charge in [0.2, 0.25) is 20.0 Å². The second-order valence-corrected chi connectivity index (χ2v) is 19.5. The molecule has 2 fully saturated rings. The van der Waals surface area contributed by atoms with Crippen molar-refractivity contribution >= 4 is 31.7 Å². The van der Waals surface area contributed by atoms with Crippen molar-refractivity contribution in [3.05, 3.63) is 121 Å². The molecule has 63 heavy (non-hydrogen) atoms. The number of nitrogens with zero attached hydrogens (tertiary/aromatic N) is 6. The summed E-state index contributed by atoms with van der Waals surface area (Å²) in [5, 5.41) is 9.92. The van der Waals surface area contributed by atoms with E-state index in [1.807, 2.05) is 0 Å². The summed E-state index contributed by atoms with van der Waals surface area (Å²) in [6.07, 6.45) is 6.47. The molecule has 0 radical (unpaired) electrons. The number of nitrogen functional groups attached to an aromatic ring is 2. The van der Waals surface area contributed by atoms with Crippen molar-refractivity contribution in [1.29, 1.82) is 0 Å². The van der Waals surface area contributed by atoms with Gasteiger partial charge >= 0.3 is 0 Å². The monoisotopic (exact) mass is 896 g/mol. The molecule has 2 aromatic heterocycles. The number of ether oxygens (including phenoxy) is 1. The van der Waals surface area contributed by atoms with Crippen LogP contribution in [-0.2, 0) is 24.8 Å². The highest BCUT2D eigenvalue weighted by Gasteiger charge is 2.52. The van der Waals surface area contributed by atoms with Gasteiger partial charge in [-0.05, 0) is 86.2 Å². The van der Waals surface area contributed by atoms with Crippen LogP contribution in [0.3, 0.4) is 0 Å². The van der Waals surface area contributed by atoms with Crippen LogP contribution in [-0.4, -0.2) is 95.0 Å². The van der Waals surface area contributed by atoms with Crippen molar-refractivity contribution in [1.82, 2.24) is 28.5 Å². The molecule has 2 aliphatic rings. The highest BCUT2D eigenvalue weighted by Crippen LogP contribution is 2.53. The first kappa shape index (κ1) is 43.9. The number of aliphatic hydroxyl groups excluding tert-OH is 1. The third-order valence-electron chi connectivity index (χ3n) is 11.5. The Morgan fingerprint density at radius 2 is 1.32 bits per heavy atom. The van der Waals surface area contributed by atoms with Crippen LogP contribution >= 0.6 is 0 Å². The average molecular weight is 897 g/mol. The molecule has 0 bridgehead atoms. The molecule has 0 amide bonds. The van der Waals surface area contributed by atoms with Gasteiger partial charge in [-0.2, -0.15) is 8.61 Å². The fraction of sp³-hybridized carbons (Fsp3) is 0.289. The molecular weight excluding hydrogens is 851 g/mol. The molecule has 1 aliphatic carbocycles. The van der Waals surface area contributed by atoms with Gasteiger partial charge in [-0.15, -0.1) is 0 Å². The molecule has 0 spiro atoms. The van der Waals surface area contributed by atoms with Gasteiger partial charge in [-0.3, -0.25) is 9.97 Å². The minimum Gasteiger partial charge on any atom is -0.395 e. The maximum Gasteiger partial charge on any atom is 0.244 e. The molecule has 2 unspecified atom stereocenters. The summed E-state index contributed by atoms with van der Waals surface area (Å²) in [6, 6.07) is 18.3. The second kappa shape index (κ2) is 17.8. The van der Waals surface area contributed by atoms with E-state index in [2.05, 4.69) is 19.9 Å². The van der Waals surface area contributed by atoms with Crippen molar-refractivity contribution in [3.63, 3.8) is 0 Å². The number of sulfonamides is 2. The fourth-order valence-electron chi connectivity index (χ4n) is 8.41. The summed E-state index contributed by atoms with van der Waals surface area (Å²) < 4.78 is 100. The molecule has 1 aliphatic heterocycles. The number of hydrogen-bond donors (Lipinski definition) is 3. The predicted octanol–water partition coefficient (Wildman–Crippen LogP) is 6.49. The maximum absolute atomic E-state index is 16.2. The molecular formula is C45H46F2N8O6S2. The molecule has 3 heterocycles. The third kappa shape index (κ3) is 8.66. The molecule has 14 nitrogen and oxygen atoms in total. The minimum atomic E-state index is -4.35. The van der Waals surface area contributed by atoms with Gasteiger partial charge in [0, 0.05) is 66.1 Å². The van der Waals surface area contributed by atoms with Crippen LogP contribution in [0.15, 0.2) is 113 Å². The van der Waals surface area contributed by atoms with Crippen molar-refractivity contribution in [2.45, 2.75) is 66.9 Å². The molecule has 4 aromatic carbocycles.